The van der Waals surface area contributed by atoms with E-state index in [4.69, 9.17) is 0 Å². The second kappa shape index (κ2) is 8.97. The van der Waals surface area contributed by atoms with Crippen LogP contribution in [-0.2, 0) is 4.79 Å². The first-order chi connectivity index (χ1) is 13.5. The first kappa shape index (κ1) is 20.0. The van der Waals surface area contributed by atoms with E-state index in [0.717, 1.165) is 31.0 Å². The minimum atomic E-state index is -0.542. The minimum absolute atomic E-state index is 0.00276. The van der Waals surface area contributed by atoms with E-state index in [2.05, 4.69) is 9.80 Å². The van der Waals surface area contributed by atoms with Crippen molar-refractivity contribution in [3.05, 3.63) is 59.9 Å². The topological polar surface area (TPSA) is 43.9 Å². The highest BCUT2D eigenvalue weighted by Gasteiger charge is 2.26. The highest BCUT2D eigenvalue weighted by molar-refractivity contribution is 6.02. The molecule has 0 bridgehead atoms. The summed E-state index contributed by atoms with van der Waals surface area (Å²) in [5.41, 5.74) is 1.95. The number of carbonyl (C=O) groups is 2. The van der Waals surface area contributed by atoms with Gasteiger partial charge in [-0.05, 0) is 38.4 Å². The number of hydrogen-bond donors (Lipinski definition) is 0. The quantitative estimate of drug-likeness (QED) is 0.689. The van der Waals surface area contributed by atoms with E-state index in [1.165, 1.54) is 12.1 Å². The van der Waals surface area contributed by atoms with Gasteiger partial charge in [0.1, 0.15) is 5.82 Å². The van der Waals surface area contributed by atoms with Gasteiger partial charge >= 0.3 is 0 Å². The van der Waals surface area contributed by atoms with Crippen LogP contribution < -0.4 is 9.80 Å². The van der Waals surface area contributed by atoms with Crippen LogP contribution in [0.3, 0.4) is 0 Å². The van der Waals surface area contributed by atoms with Crippen molar-refractivity contribution in [3.63, 3.8) is 0 Å². The smallest absolute Gasteiger partial charge is 0.227 e. The molecule has 148 valence electrons. The molecular weight excluding hydrogens is 357 g/mol. The number of halogens is 1. The van der Waals surface area contributed by atoms with E-state index in [9.17, 15) is 14.0 Å². The van der Waals surface area contributed by atoms with E-state index in [1.54, 1.807) is 17.0 Å². The molecule has 0 N–H and O–H groups in total. The number of fused-ring (bicyclic) bond motifs is 1. The van der Waals surface area contributed by atoms with Crippen molar-refractivity contribution in [2.24, 2.45) is 0 Å². The largest absolute Gasteiger partial charge is 0.367 e. The number of ketones is 1. The van der Waals surface area contributed by atoms with Gasteiger partial charge in [0.05, 0.1) is 16.9 Å². The number of carbonyl (C=O) groups excluding carboxylic acids is 2. The molecule has 2 aromatic rings. The molecule has 0 saturated carbocycles. The first-order valence-electron chi connectivity index (χ1n) is 9.54. The second-order valence-corrected chi connectivity index (χ2v) is 7.23. The third kappa shape index (κ3) is 4.57. The molecule has 0 saturated heterocycles. The third-order valence-corrected chi connectivity index (χ3v) is 4.97. The Kier molecular flexibility index (Phi) is 6.41. The van der Waals surface area contributed by atoms with Crippen LogP contribution in [0, 0.1) is 5.82 Å². The predicted molar refractivity (Wildman–Crippen MR) is 110 cm³/mol. The van der Waals surface area contributed by atoms with Crippen molar-refractivity contribution in [1.29, 1.82) is 0 Å². The van der Waals surface area contributed by atoms with Crippen LogP contribution in [0.4, 0.5) is 15.8 Å². The van der Waals surface area contributed by atoms with Crippen LogP contribution in [0.5, 0.6) is 0 Å². The van der Waals surface area contributed by atoms with Gasteiger partial charge in [0.2, 0.25) is 5.91 Å². The normalized spacial score (nSPS) is 13.6. The summed E-state index contributed by atoms with van der Waals surface area (Å²) < 4.78 is 13.8. The van der Waals surface area contributed by atoms with Crippen molar-refractivity contribution >= 4 is 23.1 Å². The summed E-state index contributed by atoms with van der Waals surface area (Å²) in [7, 11) is 4.08. The molecule has 1 heterocycles. The van der Waals surface area contributed by atoms with Crippen molar-refractivity contribution < 1.29 is 14.0 Å². The Hall–Kier alpha value is -2.73. The molecule has 3 rings (SSSR count). The Morgan fingerprint density at radius 1 is 0.964 bits per heavy atom. The molecular formula is C22H26FN3O2. The summed E-state index contributed by atoms with van der Waals surface area (Å²) in [6, 6.07) is 13.7. The molecule has 5 nitrogen and oxygen atoms in total. The van der Waals surface area contributed by atoms with Gasteiger partial charge in [0.25, 0.3) is 0 Å². The maximum atomic E-state index is 13.8. The molecule has 0 fully saturated rings. The fourth-order valence-electron chi connectivity index (χ4n) is 3.41. The number of amides is 1. The zero-order chi connectivity index (χ0) is 20.1. The number of nitrogens with zero attached hydrogens (tertiary/aromatic N) is 3. The molecule has 0 aromatic heterocycles. The standard InChI is InChI=1S/C22H26FN3O2/c1-24(2)13-14-25-15-16-26(20-10-6-5-9-19(20)25)22(28)12-11-21(27)17-7-3-4-8-18(17)23/h3-10H,11-16H2,1-2H3. The summed E-state index contributed by atoms with van der Waals surface area (Å²) in [5.74, 6) is -0.992. The molecule has 0 spiro atoms. The van der Waals surface area contributed by atoms with Crippen LogP contribution in [0.15, 0.2) is 48.5 Å². The van der Waals surface area contributed by atoms with Crippen LogP contribution in [0.1, 0.15) is 23.2 Å². The number of anilines is 2. The summed E-state index contributed by atoms with van der Waals surface area (Å²) >= 11 is 0. The summed E-state index contributed by atoms with van der Waals surface area (Å²) in [6.07, 6.45) is 0.0714. The van der Waals surface area contributed by atoms with E-state index >= 15 is 0 Å². The van der Waals surface area contributed by atoms with Gasteiger partial charge in [-0.15, -0.1) is 0 Å². The molecule has 1 aliphatic rings. The lowest BCUT2D eigenvalue weighted by Crippen LogP contribution is -2.45. The Morgan fingerprint density at radius 3 is 2.36 bits per heavy atom. The zero-order valence-electron chi connectivity index (χ0n) is 16.4. The number of rotatable bonds is 7. The highest BCUT2D eigenvalue weighted by Crippen LogP contribution is 2.33. The monoisotopic (exact) mass is 383 g/mol. The lowest BCUT2D eigenvalue weighted by Gasteiger charge is -2.38. The Balaban J connectivity index is 1.67. The van der Waals surface area contributed by atoms with Crippen molar-refractivity contribution in [2.75, 3.05) is 50.1 Å². The average Bonchev–Trinajstić information content (AvgIpc) is 2.70. The van der Waals surface area contributed by atoms with Crippen molar-refractivity contribution in [1.82, 2.24) is 4.90 Å². The molecule has 6 heteroatoms. The molecule has 1 amide bonds. The zero-order valence-corrected chi connectivity index (χ0v) is 16.4. The fourth-order valence-corrected chi connectivity index (χ4v) is 3.41. The van der Waals surface area contributed by atoms with Gasteiger partial charge in [-0.25, -0.2) is 4.39 Å². The van der Waals surface area contributed by atoms with Gasteiger partial charge in [-0.3, -0.25) is 9.59 Å². The molecule has 0 radical (unpaired) electrons. The molecule has 2 aromatic carbocycles. The maximum absolute atomic E-state index is 13.8. The first-order valence-corrected chi connectivity index (χ1v) is 9.54. The summed E-state index contributed by atoms with van der Waals surface area (Å²) in [4.78, 5) is 31.2. The number of Topliss-reactive ketones (excluding diaryl/α,β-unsaturated/α-hetero) is 1. The van der Waals surface area contributed by atoms with E-state index in [1.807, 2.05) is 38.4 Å². The number of benzene rings is 2. The van der Waals surface area contributed by atoms with Crippen LogP contribution >= 0.6 is 0 Å². The van der Waals surface area contributed by atoms with E-state index < -0.39 is 5.82 Å². The third-order valence-electron chi connectivity index (χ3n) is 4.97. The van der Waals surface area contributed by atoms with Gasteiger partial charge in [-0.2, -0.15) is 0 Å². The van der Waals surface area contributed by atoms with Crippen molar-refractivity contribution in [2.45, 2.75) is 12.8 Å². The molecule has 0 unspecified atom stereocenters. The van der Waals surface area contributed by atoms with Gasteiger partial charge in [-0.1, -0.05) is 24.3 Å². The predicted octanol–water partition coefficient (Wildman–Crippen LogP) is 3.20. The highest BCUT2D eigenvalue weighted by atomic mass is 19.1. The lowest BCUT2D eigenvalue weighted by atomic mass is 10.0. The number of likely N-dealkylation sites (N-methyl/N-ethyl adjacent to an activating group) is 1. The molecule has 28 heavy (non-hydrogen) atoms. The summed E-state index contributed by atoms with van der Waals surface area (Å²) in [5, 5.41) is 0. The van der Waals surface area contributed by atoms with Gasteiger partial charge in [0.15, 0.2) is 5.78 Å². The van der Waals surface area contributed by atoms with Gasteiger partial charge in [0, 0.05) is 39.0 Å². The Morgan fingerprint density at radius 2 is 1.64 bits per heavy atom. The Bertz CT molecular complexity index is 853. The minimum Gasteiger partial charge on any atom is -0.367 e. The number of para-hydroxylation sites is 2. The second-order valence-electron chi connectivity index (χ2n) is 7.23. The maximum Gasteiger partial charge on any atom is 0.227 e. The molecule has 1 aliphatic heterocycles. The Labute approximate surface area is 165 Å². The van der Waals surface area contributed by atoms with Crippen molar-refractivity contribution in [3.8, 4) is 0 Å². The molecule has 0 atom stereocenters. The number of hydrogen-bond acceptors (Lipinski definition) is 4. The van der Waals surface area contributed by atoms with E-state index in [-0.39, 0.29) is 30.1 Å². The SMILES string of the molecule is CN(C)CCN1CCN(C(=O)CCC(=O)c2ccccc2F)c2ccccc21. The lowest BCUT2D eigenvalue weighted by molar-refractivity contribution is -0.118. The van der Waals surface area contributed by atoms with Crippen LogP contribution in [0.25, 0.3) is 0 Å². The van der Waals surface area contributed by atoms with Crippen LogP contribution in [-0.4, -0.2) is 56.9 Å². The van der Waals surface area contributed by atoms with Crippen LogP contribution in [0.2, 0.25) is 0 Å². The van der Waals surface area contributed by atoms with E-state index in [0.29, 0.717) is 6.54 Å². The fraction of sp³-hybridized carbons (Fsp3) is 0.364. The summed E-state index contributed by atoms with van der Waals surface area (Å²) in [6.45, 7) is 3.15. The molecule has 0 aliphatic carbocycles. The van der Waals surface area contributed by atoms with Gasteiger partial charge < -0.3 is 14.7 Å². The average molecular weight is 383 g/mol.